The molecule has 2 aromatic carbocycles. The first kappa shape index (κ1) is 20.7. The highest BCUT2D eigenvalue weighted by atomic mass is 32.2. The molecule has 0 saturated carbocycles. The summed E-state index contributed by atoms with van der Waals surface area (Å²) < 4.78 is 39.3. The van der Waals surface area contributed by atoms with Gasteiger partial charge in [0.25, 0.3) is 11.5 Å². The maximum absolute atomic E-state index is 12.7. The summed E-state index contributed by atoms with van der Waals surface area (Å²) >= 11 is 1.49. The minimum absolute atomic E-state index is 0.0550. The molecule has 0 aliphatic heterocycles. The molecule has 3 rings (SSSR count). The molecule has 0 bridgehead atoms. The summed E-state index contributed by atoms with van der Waals surface area (Å²) in [5.74, 6) is -0.382. The molecule has 0 aliphatic carbocycles. The van der Waals surface area contributed by atoms with Crippen LogP contribution in [0.3, 0.4) is 0 Å². The standard InChI is InChI=1S/C21H17F3N2O2S/c1-29-18-5-3-2-4-17(18)25-20(28)15-8-11-19(27)26(13-15)12-14-6-9-16(10-7-14)21(22,23)24/h2-11,13H,12H2,1H3,(H,25,28). The molecule has 8 heteroatoms. The van der Waals surface area contributed by atoms with Gasteiger partial charge in [0.2, 0.25) is 0 Å². The minimum atomic E-state index is -4.42. The molecule has 1 amide bonds. The van der Waals surface area contributed by atoms with Crippen molar-refractivity contribution < 1.29 is 18.0 Å². The van der Waals surface area contributed by atoms with E-state index in [-0.39, 0.29) is 23.6 Å². The van der Waals surface area contributed by atoms with E-state index >= 15 is 0 Å². The van der Waals surface area contributed by atoms with Crippen LogP contribution in [0.2, 0.25) is 0 Å². The van der Waals surface area contributed by atoms with Gasteiger partial charge in [0.15, 0.2) is 0 Å². The summed E-state index contributed by atoms with van der Waals surface area (Å²) in [5, 5.41) is 2.81. The van der Waals surface area contributed by atoms with Gasteiger partial charge in [-0.15, -0.1) is 11.8 Å². The zero-order valence-corrected chi connectivity index (χ0v) is 16.2. The van der Waals surface area contributed by atoms with Gasteiger partial charge in [-0.05, 0) is 42.2 Å². The zero-order valence-electron chi connectivity index (χ0n) is 15.4. The molecule has 4 nitrogen and oxygen atoms in total. The monoisotopic (exact) mass is 418 g/mol. The average Bonchev–Trinajstić information content (AvgIpc) is 2.69. The maximum atomic E-state index is 12.7. The van der Waals surface area contributed by atoms with Crippen molar-refractivity contribution in [3.63, 3.8) is 0 Å². The Hall–Kier alpha value is -3.00. The molecule has 1 N–H and O–H groups in total. The van der Waals surface area contributed by atoms with E-state index in [2.05, 4.69) is 5.32 Å². The molecule has 29 heavy (non-hydrogen) atoms. The molecule has 0 radical (unpaired) electrons. The number of nitrogens with zero attached hydrogens (tertiary/aromatic N) is 1. The molecule has 0 fully saturated rings. The van der Waals surface area contributed by atoms with E-state index in [1.807, 2.05) is 18.4 Å². The summed E-state index contributed by atoms with van der Waals surface area (Å²) in [6.45, 7) is 0.0550. The number of benzene rings is 2. The number of hydrogen-bond acceptors (Lipinski definition) is 3. The van der Waals surface area contributed by atoms with E-state index < -0.39 is 11.7 Å². The van der Waals surface area contributed by atoms with Gasteiger partial charge in [0.05, 0.1) is 23.4 Å². The lowest BCUT2D eigenvalue weighted by Crippen LogP contribution is -2.22. The zero-order chi connectivity index (χ0) is 21.0. The number of aromatic nitrogens is 1. The predicted octanol–water partition coefficient (Wildman–Crippen LogP) is 4.89. The first-order valence-corrected chi connectivity index (χ1v) is 9.81. The van der Waals surface area contributed by atoms with Crippen LogP contribution in [0.4, 0.5) is 18.9 Å². The number of amides is 1. The fourth-order valence-corrected chi connectivity index (χ4v) is 3.28. The van der Waals surface area contributed by atoms with Crippen LogP contribution < -0.4 is 10.9 Å². The first-order valence-electron chi connectivity index (χ1n) is 8.59. The first-order chi connectivity index (χ1) is 13.8. The van der Waals surface area contributed by atoms with Crippen molar-refractivity contribution in [3.05, 3.63) is 93.9 Å². The molecule has 0 atom stereocenters. The summed E-state index contributed by atoms with van der Waals surface area (Å²) in [7, 11) is 0. The Morgan fingerprint density at radius 1 is 1.03 bits per heavy atom. The van der Waals surface area contributed by atoms with Crippen LogP contribution >= 0.6 is 11.8 Å². The number of pyridine rings is 1. The van der Waals surface area contributed by atoms with E-state index in [1.165, 1.54) is 46.8 Å². The quantitative estimate of drug-likeness (QED) is 0.601. The molecule has 1 heterocycles. The van der Waals surface area contributed by atoms with Crippen LogP contribution in [0.5, 0.6) is 0 Å². The second kappa shape index (κ2) is 8.57. The Balaban J connectivity index is 1.81. The highest BCUT2D eigenvalue weighted by Crippen LogP contribution is 2.29. The highest BCUT2D eigenvalue weighted by molar-refractivity contribution is 7.98. The normalized spacial score (nSPS) is 11.3. The minimum Gasteiger partial charge on any atom is -0.321 e. The Morgan fingerprint density at radius 2 is 1.72 bits per heavy atom. The van der Waals surface area contributed by atoms with Gasteiger partial charge in [-0.1, -0.05) is 24.3 Å². The van der Waals surface area contributed by atoms with Crippen molar-refractivity contribution in [2.24, 2.45) is 0 Å². The fourth-order valence-electron chi connectivity index (χ4n) is 2.73. The van der Waals surface area contributed by atoms with E-state index in [1.54, 1.807) is 12.1 Å². The second-order valence-electron chi connectivity index (χ2n) is 6.23. The van der Waals surface area contributed by atoms with Crippen LogP contribution in [-0.4, -0.2) is 16.7 Å². The largest absolute Gasteiger partial charge is 0.416 e. The van der Waals surface area contributed by atoms with Crippen molar-refractivity contribution >= 4 is 23.4 Å². The van der Waals surface area contributed by atoms with Crippen molar-refractivity contribution in [2.45, 2.75) is 17.6 Å². The summed E-state index contributed by atoms with van der Waals surface area (Å²) in [4.78, 5) is 25.6. The number of carbonyl (C=O) groups excluding carboxylic acids is 1. The van der Waals surface area contributed by atoms with E-state index in [0.29, 0.717) is 11.3 Å². The van der Waals surface area contributed by atoms with Gasteiger partial charge in [-0.2, -0.15) is 13.2 Å². The van der Waals surface area contributed by atoms with E-state index in [9.17, 15) is 22.8 Å². The van der Waals surface area contributed by atoms with Crippen molar-refractivity contribution in [1.29, 1.82) is 0 Å². The number of carbonyl (C=O) groups is 1. The molecule has 1 aromatic heterocycles. The third-order valence-electron chi connectivity index (χ3n) is 4.24. The third-order valence-corrected chi connectivity index (χ3v) is 5.03. The average molecular weight is 418 g/mol. The summed E-state index contributed by atoms with van der Waals surface area (Å²) in [5.41, 5.74) is 0.337. The number of anilines is 1. The molecular weight excluding hydrogens is 401 g/mol. The Kier molecular flexibility index (Phi) is 6.12. The summed E-state index contributed by atoms with van der Waals surface area (Å²) in [6.07, 6.45) is -1.12. The van der Waals surface area contributed by atoms with Crippen molar-refractivity contribution in [1.82, 2.24) is 4.57 Å². The SMILES string of the molecule is CSc1ccccc1NC(=O)c1ccc(=O)n(Cc2ccc(C(F)(F)F)cc2)c1. The van der Waals surface area contributed by atoms with Crippen molar-refractivity contribution in [2.75, 3.05) is 11.6 Å². The van der Waals surface area contributed by atoms with Crippen LogP contribution in [0.25, 0.3) is 0 Å². The smallest absolute Gasteiger partial charge is 0.321 e. The van der Waals surface area contributed by atoms with Gasteiger partial charge in [-0.3, -0.25) is 9.59 Å². The lowest BCUT2D eigenvalue weighted by atomic mass is 10.1. The van der Waals surface area contributed by atoms with Gasteiger partial charge < -0.3 is 9.88 Å². The Bertz CT molecular complexity index is 1080. The molecule has 150 valence electrons. The molecule has 0 unspecified atom stereocenters. The topological polar surface area (TPSA) is 51.1 Å². The number of halogens is 3. The van der Waals surface area contributed by atoms with Crippen LogP contribution in [-0.2, 0) is 12.7 Å². The van der Waals surface area contributed by atoms with Gasteiger partial charge in [-0.25, -0.2) is 0 Å². The number of thioether (sulfide) groups is 1. The molecular formula is C21H17F3N2O2S. The number of rotatable bonds is 5. The maximum Gasteiger partial charge on any atom is 0.416 e. The second-order valence-corrected chi connectivity index (χ2v) is 7.08. The third kappa shape index (κ3) is 5.08. The van der Waals surface area contributed by atoms with Crippen LogP contribution in [0.1, 0.15) is 21.5 Å². The lowest BCUT2D eigenvalue weighted by molar-refractivity contribution is -0.137. The fraction of sp³-hybridized carbons (Fsp3) is 0.143. The van der Waals surface area contributed by atoms with Gasteiger partial charge in [0, 0.05) is 17.2 Å². The van der Waals surface area contributed by atoms with E-state index in [4.69, 9.17) is 0 Å². The summed E-state index contributed by atoms with van der Waals surface area (Å²) in [6, 6.07) is 14.6. The lowest BCUT2D eigenvalue weighted by Gasteiger charge is -2.12. The molecule has 0 saturated heterocycles. The number of nitrogens with one attached hydrogen (secondary N) is 1. The molecule has 0 aliphatic rings. The van der Waals surface area contributed by atoms with Crippen LogP contribution in [0, 0.1) is 0 Å². The van der Waals surface area contributed by atoms with Crippen LogP contribution in [0.15, 0.2) is 76.6 Å². The number of para-hydroxylation sites is 1. The van der Waals surface area contributed by atoms with Gasteiger partial charge >= 0.3 is 6.18 Å². The highest BCUT2D eigenvalue weighted by Gasteiger charge is 2.29. The number of alkyl halides is 3. The number of hydrogen-bond donors (Lipinski definition) is 1. The van der Waals surface area contributed by atoms with E-state index in [0.717, 1.165) is 17.0 Å². The Morgan fingerprint density at radius 3 is 2.38 bits per heavy atom. The predicted molar refractivity (Wildman–Crippen MR) is 107 cm³/mol. The Labute approximate surface area is 169 Å². The molecule has 0 spiro atoms. The van der Waals surface area contributed by atoms with Gasteiger partial charge in [0.1, 0.15) is 0 Å². The van der Waals surface area contributed by atoms with Crippen molar-refractivity contribution in [3.8, 4) is 0 Å². The molecule has 3 aromatic rings.